The third-order valence-corrected chi connectivity index (χ3v) is 5.24. The minimum Gasteiger partial charge on any atom is -0.303 e. The Hall–Kier alpha value is -1.86. The molecule has 1 aromatic heterocycles. The van der Waals surface area contributed by atoms with Crippen LogP contribution in [0.3, 0.4) is 0 Å². The molecule has 1 atom stereocenters. The number of hydrogen-bond donors (Lipinski definition) is 2. The lowest BCUT2D eigenvalue weighted by atomic mass is 9.93. The van der Waals surface area contributed by atoms with E-state index in [4.69, 9.17) is 9.79 Å². The van der Waals surface area contributed by atoms with Crippen molar-refractivity contribution in [2.24, 2.45) is 0 Å². The maximum Gasteiger partial charge on any atom is 0.470 e. The highest BCUT2D eigenvalue weighted by Gasteiger charge is 2.66. The summed E-state index contributed by atoms with van der Waals surface area (Å²) in [6.45, 7) is -1.37. The number of halogens is 4. The summed E-state index contributed by atoms with van der Waals surface area (Å²) in [5.74, 6) is -2.92. The standard InChI is InChI=1S/C12H12F4N3O6PS/c1-27(23,24)12(15,16)11(25-26(20,21)22,5-19-7-17-6-18-19)9-3-2-8(13)4-10(9)14/h2-4,6-7H,5H2,1H3,(H2,20,21,22). The van der Waals surface area contributed by atoms with Crippen LogP contribution in [0, 0.1) is 11.6 Å². The van der Waals surface area contributed by atoms with Crippen LogP contribution in [0.5, 0.6) is 0 Å². The van der Waals surface area contributed by atoms with E-state index >= 15 is 0 Å². The van der Waals surface area contributed by atoms with Crippen molar-refractivity contribution < 1.29 is 44.9 Å². The smallest absolute Gasteiger partial charge is 0.303 e. The predicted molar refractivity (Wildman–Crippen MR) is 81.0 cm³/mol. The fourth-order valence-corrected chi connectivity index (χ4v) is 3.88. The molecule has 0 aliphatic rings. The molecular weight excluding hydrogens is 421 g/mol. The zero-order chi connectivity index (χ0) is 20.7. The lowest BCUT2D eigenvalue weighted by Gasteiger charge is -2.38. The maximum atomic E-state index is 15.0. The fourth-order valence-electron chi connectivity index (χ4n) is 2.33. The van der Waals surface area contributed by atoms with Gasteiger partial charge < -0.3 is 9.79 Å². The Morgan fingerprint density at radius 3 is 2.37 bits per heavy atom. The van der Waals surface area contributed by atoms with Crippen LogP contribution in [0.2, 0.25) is 0 Å². The van der Waals surface area contributed by atoms with E-state index in [0.29, 0.717) is 16.8 Å². The molecule has 9 nitrogen and oxygen atoms in total. The topological polar surface area (TPSA) is 132 Å². The molecule has 0 amide bonds. The Bertz CT molecular complexity index is 981. The van der Waals surface area contributed by atoms with Crippen molar-refractivity contribution in [2.45, 2.75) is 17.4 Å². The molecule has 0 radical (unpaired) electrons. The Balaban J connectivity index is 2.90. The lowest BCUT2D eigenvalue weighted by molar-refractivity contribution is -0.137. The zero-order valence-corrected chi connectivity index (χ0v) is 15.0. The van der Waals surface area contributed by atoms with E-state index in [2.05, 4.69) is 14.6 Å². The molecule has 15 heteroatoms. The van der Waals surface area contributed by atoms with Crippen LogP contribution in [0.1, 0.15) is 5.56 Å². The first-order valence-corrected chi connectivity index (χ1v) is 10.2. The summed E-state index contributed by atoms with van der Waals surface area (Å²) in [4.78, 5) is 21.7. The van der Waals surface area contributed by atoms with Crippen molar-refractivity contribution in [1.29, 1.82) is 0 Å². The lowest BCUT2D eigenvalue weighted by Crippen LogP contribution is -2.54. The van der Waals surface area contributed by atoms with Crippen LogP contribution < -0.4 is 0 Å². The van der Waals surface area contributed by atoms with Crippen molar-refractivity contribution >= 4 is 17.7 Å². The van der Waals surface area contributed by atoms with E-state index in [0.717, 1.165) is 12.7 Å². The molecule has 2 N–H and O–H groups in total. The Labute approximate surface area is 149 Å². The third kappa shape index (κ3) is 4.19. The number of nitrogens with zero attached hydrogens (tertiary/aromatic N) is 3. The van der Waals surface area contributed by atoms with E-state index in [9.17, 15) is 30.5 Å². The molecule has 1 unspecified atom stereocenters. The zero-order valence-electron chi connectivity index (χ0n) is 13.3. The van der Waals surface area contributed by atoms with Crippen molar-refractivity contribution in [2.75, 3.05) is 6.26 Å². The van der Waals surface area contributed by atoms with E-state index in [1.807, 2.05) is 0 Å². The van der Waals surface area contributed by atoms with Crippen LogP contribution >= 0.6 is 7.82 Å². The van der Waals surface area contributed by atoms with Crippen LogP contribution in [-0.4, -0.2) is 44.5 Å². The molecule has 1 heterocycles. The summed E-state index contributed by atoms with van der Waals surface area (Å²) < 4.78 is 97.1. The number of aromatic nitrogens is 3. The fraction of sp³-hybridized carbons (Fsp3) is 0.333. The molecule has 0 aliphatic carbocycles. The highest BCUT2D eigenvalue weighted by molar-refractivity contribution is 7.91. The minimum absolute atomic E-state index is 0.0630. The second kappa shape index (κ2) is 6.95. The van der Waals surface area contributed by atoms with Crippen LogP contribution in [0.25, 0.3) is 0 Å². The number of sulfone groups is 1. The van der Waals surface area contributed by atoms with Gasteiger partial charge in [-0.05, 0) is 12.1 Å². The van der Waals surface area contributed by atoms with Gasteiger partial charge in [0.05, 0.1) is 6.54 Å². The first-order valence-electron chi connectivity index (χ1n) is 6.81. The Morgan fingerprint density at radius 2 is 1.93 bits per heavy atom. The van der Waals surface area contributed by atoms with Gasteiger partial charge in [-0.1, -0.05) is 0 Å². The molecule has 2 rings (SSSR count). The second-order valence-electron chi connectivity index (χ2n) is 5.42. The average molecular weight is 433 g/mol. The minimum atomic E-state index is -5.84. The van der Waals surface area contributed by atoms with Crippen LogP contribution in [0.15, 0.2) is 30.9 Å². The van der Waals surface area contributed by atoms with E-state index < -0.39 is 52.3 Å². The van der Waals surface area contributed by atoms with Crippen molar-refractivity contribution in [3.05, 3.63) is 48.1 Å². The first kappa shape index (κ1) is 21.4. The van der Waals surface area contributed by atoms with Gasteiger partial charge in [0.25, 0.3) is 0 Å². The summed E-state index contributed by atoms with van der Waals surface area (Å²) in [5.41, 5.74) is -5.11. The SMILES string of the molecule is CS(=O)(=O)C(F)(F)C(Cn1cncn1)(OP(=O)(O)O)c1ccc(F)cc1F. The molecule has 0 saturated heterocycles. The van der Waals surface area contributed by atoms with Gasteiger partial charge in [-0.25, -0.2) is 31.4 Å². The molecule has 0 bridgehead atoms. The largest absolute Gasteiger partial charge is 0.470 e. The maximum absolute atomic E-state index is 15.0. The number of phosphoric acid groups is 1. The van der Waals surface area contributed by atoms with Gasteiger partial charge in [0.15, 0.2) is 0 Å². The van der Waals surface area contributed by atoms with Crippen molar-refractivity contribution in [1.82, 2.24) is 14.8 Å². The molecule has 150 valence electrons. The molecule has 0 aliphatic heterocycles. The molecule has 0 saturated carbocycles. The molecular formula is C12H12F4N3O6PS. The molecule has 0 fully saturated rings. The van der Waals surface area contributed by atoms with E-state index in [1.54, 1.807) is 0 Å². The van der Waals surface area contributed by atoms with Crippen LogP contribution in [-0.2, 0) is 31.1 Å². The van der Waals surface area contributed by atoms with Crippen molar-refractivity contribution in [3.8, 4) is 0 Å². The number of hydrogen-bond acceptors (Lipinski definition) is 6. The van der Waals surface area contributed by atoms with Gasteiger partial charge in [-0.2, -0.15) is 13.9 Å². The normalized spacial score (nSPS) is 15.5. The van der Waals surface area contributed by atoms with Gasteiger partial charge >= 0.3 is 13.1 Å². The first-order chi connectivity index (χ1) is 12.2. The number of benzene rings is 1. The van der Waals surface area contributed by atoms with Crippen LogP contribution in [0.4, 0.5) is 17.6 Å². The van der Waals surface area contributed by atoms with E-state index in [-0.39, 0.29) is 12.3 Å². The second-order valence-corrected chi connectivity index (χ2v) is 8.64. The summed E-state index contributed by atoms with van der Waals surface area (Å²) in [7, 11) is -11.3. The molecule has 0 spiro atoms. The summed E-state index contributed by atoms with van der Waals surface area (Å²) in [5, 5.41) is -1.63. The molecule has 2 aromatic rings. The predicted octanol–water partition coefficient (Wildman–Crippen LogP) is 1.20. The van der Waals surface area contributed by atoms with Gasteiger partial charge in [0.1, 0.15) is 24.3 Å². The van der Waals surface area contributed by atoms with Gasteiger partial charge in [0.2, 0.25) is 15.4 Å². The summed E-state index contributed by atoms with van der Waals surface area (Å²) >= 11 is 0. The van der Waals surface area contributed by atoms with E-state index in [1.165, 1.54) is 0 Å². The Kier molecular flexibility index (Phi) is 5.52. The quantitative estimate of drug-likeness (QED) is 0.492. The average Bonchev–Trinajstić information content (AvgIpc) is 2.96. The monoisotopic (exact) mass is 433 g/mol. The van der Waals surface area contributed by atoms with Gasteiger partial charge in [-0.15, -0.1) is 0 Å². The highest BCUT2D eigenvalue weighted by Crippen LogP contribution is 2.55. The summed E-state index contributed by atoms with van der Waals surface area (Å²) in [6.07, 6.45) is 1.72. The highest BCUT2D eigenvalue weighted by atomic mass is 32.2. The molecule has 27 heavy (non-hydrogen) atoms. The molecule has 1 aromatic carbocycles. The Morgan fingerprint density at radius 1 is 1.30 bits per heavy atom. The summed E-state index contributed by atoms with van der Waals surface area (Å²) in [6, 6.07) is 1.03. The number of phosphoric ester groups is 1. The van der Waals surface area contributed by atoms with Gasteiger partial charge in [-0.3, -0.25) is 4.52 Å². The third-order valence-electron chi connectivity index (χ3n) is 3.43. The number of rotatable bonds is 7. The van der Waals surface area contributed by atoms with Crippen molar-refractivity contribution in [3.63, 3.8) is 0 Å². The van der Waals surface area contributed by atoms with Gasteiger partial charge in [0, 0.05) is 17.9 Å². The number of alkyl halides is 2.